The molecule has 2 aromatic carbocycles. The predicted molar refractivity (Wildman–Crippen MR) is 85.5 cm³/mol. The van der Waals surface area contributed by atoms with E-state index >= 15 is 0 Å². The van der Waals surface area contributed by atoms with Crippen LogP contribution in [0.5, 0.6) is 0 Å². The number of hydrogen-bond donors (Lipinski definition) is 1. The van der Waals surface area contributed by atoms with E-state index in [0.29, 0.717) is 18.8 Å². The van der Waals surface area contributed by atoms with E-state index in [1.165, 1.54) is 6.07 Å². The molecule has 0 unspecified atom stereocenters. The van der Waals surface area contributed by atoms with Crippen LogP contribution in [-0.4, -0.2) is 11.7 Å². The quantitative estimate of drug-likeness (QED) is 0.836. The summed E-state index contributed by atoms with van der Waals surface area (Å²) in [5.74, 6) is 0. The second-order valence-corrected chi connectivity index (χ2v) is 5.56. The molecule has 0 aromatic heterocycles. The second kappa shape index (κ2) is 7.23. The molecule has 0 aliphatic rings. The van der Waals surface area contributed by atoms with Crippen LogP contribution in [0.4, 0.5) is 18.9 Å². The minimum absolute atomic E-state index is 0.0703. The van der Waals surface area contributed by atoms with Gasteiger partial charge in [0.25, 0.3) is 0 Å². The molecule has 0 aliphatic heterocycles. The van der Waals surface area contributed by atoms with Crippen molar-refractivity contribution in [2.45, 2.75) is 26.3 Å². The van der Waals surface area contributed by atoms with Crippen molar-refractivity contribution in [2.75, 3.05) is 11.4 Å². The minimum atomic E-state index is -4.48. The summed E-state index contributed by atoms with van der Waals surface area (Å²) in [7, 11) is 0. The molecule has 0 bridgehead atoms. The molecule has 0 aliphatic carbocycles. The summed E-state index contributed by atoms with van der Waals surface area (Å²) in [5.41, 5.74) is 1.31. The lowest BCUT2D eigenvalue weighted by atomic mass is 10.1. The maximum Gasteiger partial charge on any atom is 0.417 e. The average Bonchev–Trinajstić information content (AvgIpc) is 2.52. The number of halogens is 4. The van der Waals surface area contributed by atoms with Gasteiger partial charge in [-0.05, 0) is 36.2 Å². The summed E-state index contributed by atoms with van der Waals surface area (Å²) in [5, 5.41) is 8.87. The Labute approximate surface area is 138 Å². The Morgan fingerprint density at radius 2 is 1.78 bits per heavy atom. The Morgan fingerprint density at radius 3 is 2.39 bits per heavy atom. The van der Waals surface area contributed by atoms with Crippen LogP contribution in [0.2, 0.25) is 5.02 Å². The number of hydrogen-bond acceptors (Lipinski definition) is 2. The van der Waals surface area contributed by atoms with E-state index in [4.69, 9.17) is 11.6 Å². The standard InChI is InChI=1S/C17H17ClF3NO/c1-2-22(10-12-4-3-5-13(8-12)11-23)14-6-7-16(18)15(9-14)17(19,20)21/h3-9,23H,2,10-11H2,1H3. The molecule has 2 nitrogen and oxygen atoms in total. The molecule has 0 fully saturated rings. The topological polar surface area (TPSA) is 23.5 Å². The molecule has 0 saturated carbocycles. The van der Waals surface area contributed by atoms with Crippen LogP contribution in [0.3, 0.4) is 0 Å². The van der Waals surface area contributed by atoms with Gasteiger partial charge in [-0.15, -0.1) is 0 Å². The van der Waals surface area contributed by atoms with Gasteiger partial charge in [0.1, 0.15) is 0 Å². The van der Waals surface area contributed by atoms with E-state index in [-0.39, 0.29) is 11.6 Å². The van der Waals surface area contributed by atoms with Crippen molar-refractivity contribution in [1.29, 1.82) is 0 Å². The third-order valence-corrected chi connectivity index (χ3v) is 3.88. The Balaban J connectivity index is 2.30. The van der Waals surface area contributed by atoms with Crippen molar-refractivity contribution >= 4 is 17.3 Å². The van der Waals surface area contributed by atoms with Gasteiger partial charge in [-0.25, -0.2) is 0 Å². The van der Waals surface area contributed by atoms with Crippen molar-refractivity contribution < 1.29 is 18.3 Å². The van der Waals surface area contributed by atoms with Crippen LogP contribution >= 0.6 is 11.6 Å². The Hall–Kier alpha value is -1.72. The Kier molecular flexibility index (Phi) is 5.55. The molecule has 1 N–H and O–H groups in total. The van der Waals surface area contributed by atoms with Gasteiger partial charge in [0.2, 0.25) is 0 Å². The van der Waals surface area contributed by atoms with Crippen LogP contribution < -0.4 is 4.90 Å². The maximum atomic E-state index is 13.0. The molecular formula is C17H17ClF3NO. The lowest BCUT2D eigenvalue weighted by molar-refractivity contribution is -0.137. The smallest absolute Gasteiger partial charge is 0.392 e. The van der Waals surface area contributed by atoms with E-state index in [0.717, 1.165) is 17.2 Å². The lowest BCUT2D eigenvalue weighted by Gasteiger charge is -2.25. The molecule has 0 spiro atoms. The number of aliphatic hydroxyl groups is 1. The molecule has 0 amide bonds. The maximum absolute atomic E-state index is 13.0. The lowest BCUT2D eigenvalue weighted by Crippen LogP contribution is -2.22. The molecule has 124 valence electrons. The van der Waals surface area contributed by atoms with Crippen LogP contribution in [0.1, 0.15) is 23.6 Å². The first-order valence-corrected chi connectivity index (χ1v) is 7.53. The largest absolute Gasteiger partial charge is 0.417 e. The molecule has 0 radical (unpaired) electrons. The summed E-state index contributed by atoms with van der Waals surface area (Å²) >= 11 is 5.66. The van der Waals surface area contributed by atoms with Crippen molar-refractivity contribution in [3.8, 4) is 0 Å². The van der Waals surface area contributed by atoms with Gasteiger partial charge < -0.3 is 10.0 Å². The monoisotopic (exact) mass is 343 g/mol. The van der Waals surface area contributed by atoms with Gasteiger partial charge in [-0.3, -0.25) is 0 Å². The van der Waals surface area contributed by atoms with Crippen LogP contribution in [0.25, 0.3) is 0 Å². The average molecular weight is 344 g/mol. The third-order valence-electron chi connectivity index (χ3n) is 3.55. The molecule has 0 heterocycles. The SMILES string of the molecule is CCN(Cc1cccc(CO)c1)c1ccc(Cl)c(C(F)(F)F)c1. The number of alkyl halides is 3. The highest BCUT2D eigenvalue weighted by Gasteiger charge is 2.33. The Bertz CT molecular complexity index is 673. The van der Waals surface area contributed by atoms with Crippen molar-refractivity contribution in [2.24, 2.45) is 0 Å². The summed E-state index contributed by atoms with van der Waals surface area (Å²) < 4.78 is 39.0. The number of rotatable bonds is 5. The first-order chi connectivity index (χ1) is 10.8. The summed E-state index contributed by atoms with van der Waals surface area (Å²) in [6.45, 7) is 2.79. The number of aliphatic hydroxyl groups excluding tert-OH is 1. The molecular weight excluding hydrogens is 327 g/mol. The number of benzene rings is 2. The molecule has 2 aromatic rings. The second-order valence-electron chi connectivity index (χ2n) is 5.15. The fraction of sp³-hybridized carbons (Fsp3) is 0.294. The highest BCUT2D eigenvalue weighted by atomic mass is 35.5. The van der Waals surface area contributed by atoms with Gasteiger partial charge in [0, 0.05) is 18.8 Å². The Morgan fingerprint density at radius 1 is 1.09 bits per heavy atom. The fourth-order valence-corrected chi connectivity index (χ4v) is 2.58. The van der Waals surface area contributed by atoms with Crippen molar-refractivity contribution in [1.82, 2.24) is 0 Å². The van der Waals surface area contributed by atoms with Gasteiger partial charge in [-0.2, -0.15) is 13.2 Å². The number of anilines is 1. The zero-order valence-corrected chi connectivity index (χ0v) is 13.3. The van der Waals surface area contributed by atoms with Gasteiger partial charge in [0.15, 0.2) is 0 Å². The first kappa shape index (κ1) is 17.6. The molecule has 23 heavy (non-hydrogen) atoms. The molecule has 2 rings (SSSR count). The van der Waals surface area contributed by atoms with Gasteiger partial charge in [-0.1, -0.05) is 35.9 Å². The number of nitrogens with zero attached hydrogens (tertiary/aromatic N) is 1. The first-order valence-electron chi connectivity index (χ1n) is 7.15. The van der Waals surface area contributed by atoms with E-state index < -0.39 is 11.7 Å². The predicted octanol–water partition coefficient (Wildman–Crippen LogP) is 4.88. The van der Waals surface area contributed by atoms with E-state index in [2.05, 4.69) is 0 Å². The summed E-state index contributed by atoms with van der Waals surface area (Å²) in [4.78, 5) is 1.82. The van der Waals surface area contributed by atoms with Crippen LogP contribution in [0, 0.1) is 0 Å². The molecule has 0 saturated heterocycles. The van der Waals surface area contributed by atoms with Crippen LogP contribution in [-0.2, 0) is 19.3 Å². The minimum Gasteiger partial charge on any atom is -0.392 e. The summed E-state index contributed by atoms with van der Waals surface area (Å²) in [6.07, 6.45) is -4.48. The van der Waals surface area contributed by atoms with Crippen molar-refractivity contribution in [3.63, 3.8) is 0 Å². The zero-order valence-electron chi connectivity index (χ0n) is 12.6. The zero-order chi connectivity index (χ0) is 17.0. The van der Waals surface area contributed by atoms with E-state index in [9.17, 15) is 18.3 Å². The van der Waals surface area contributed by atoms with Gasteiger partial charge in [0.05, 0.1) is 17.2 Å². The third kappa shape index (κ3) is 4.39. The van der Waals surface area contributed by atoms with Crippen LogP contribution in [0.15, 0.2) is 42.5 Å². The highest BCUT2D eigenvalue weighted by molar-refractivity contribution is 6.31. The normalized spacial score (nSPS) is 11.6. The summed E-state index contributed by atoms with van der Waals surface area (Å²) in [6, 6.07) is 11.2. The van der Waals surface area contributed by atoms with Crippen molar-refractivity contribution in [3.05, 3.63) is 64.2 Å². The molecule has 0 atom stereocenters. The van der Waals surface area contributed by atoms with Gasteiger partial charge >= 0.3 is 6.18 Å². The molecule has 6 heteroatoms. The van der Waals surface area contributed by atoms with E-state index in [1.54, 1.807) is 12.1 Å². The van der Waals surface area contributed by atoms with E-state index in [1.807, 2.05) is 30.0 Å². The fourth-order valence-electron chi connectivity index (χ4n) is 2.36. The highest BCUT2D eigenvalue weighted by Crippen LogP contribution is 2.37.